The molecule has 4 aromatic rings. The van der Waals surface area contributed by atoms with Crippen molar-refractivity contribution >= 4 is 28.7 Å². The second-order valence-corrected chi connectivity index (χ2v) is 10.2. The van der Waals surface area contributed by atoms with Crippen molar-refractivity contribution in [2.75, 3.05) is 18.4 Å². The Kier molecular flexibility index (Phi) is 6.56. The van der Waals surface area contributed by atoms with Crippen LogP contribution in [0.4, 0.5) is 10.2 Å². The monoisotopic (exact) mass is 524 g/mol. The van der Waals surface area contributed by atoms with Crippen molar-refractivity contribution in [3.8, 4) is 11.1 Å². The van der Waals surface area contributed by atoms with Crippen LogP contribution in [0, 0.1) is 5.82 Å². The van der Waals surface area contributed by atoms with Gasteiger partial charge < -0.3 is 15.5 Å². The zero-order valence-electron chi connectivity index (χ0n) is 21.4. The van der Waals surface area contributed by atoms with Gasteiger partial charge in [-0.2, -0.15) is 5.10 Å². The zero-order chi connectivity index (χ0) is 26.9. The Morgan fingerprint density at radius 3 is 2.69 bits per heavy atom. The van der Waals surface area contributed by atoms with Crippen molar-refractivity contribution in [2.24, 2.45) is 0 Å². The normalized spacial score (nSPS) is 16.8. The summed E-state index contributed by atoms with van der Waals surface area (Å²) in [6.07, 6.45) is 6.18. The molecule has 0 radical (unpaired) electrons. The minimum absolute atomic E-state index is 0.0288. The zero-order valence-corrected chi connectivity index (χ0v) is 21.4. The number of carbonyl (C=O) groups is 2. The van der Waals surface area contributed by atoms with Gasteiger partial charge in [-0.3, -0.25) is 14.7 Å². The fourth-order valence-corrected chi connectivity index (χ4v) is 5.16. The maximum Gasteiger partial charge on any atom is 0.251 e. The average Bonchev–Trinajstić information content (AvgIpc) is 3.58. The molecule has 6 rings (SSSR count). The van der Waals surface area contributed by atoms with Crippen LogP contribution in [0.3, 0.4) is 0 Å². The first-order valence-electron chi connectivity index (χ1n) is 13.2. The van der Waals surface area contributed by atoms with Crippen LogP contribution in [0.5, 0.6) is 0 Å². The summed E-state index contributed by atoms with van der Waals surface area (Å²) >= 11 is 0. The minimum Gasteiger partial charge on any atom is -0.363 e. The highest BCUT2D eigenvalue weighted by Gasteiger charge is 2.26. The van der Waals surface area contributed by atoms with Crippen LogP contribution >= 0.6 is 0 Å². The fraction of sp³-hybridized carbons (Fsp3) is 0.267. The van der Waals surface area contributed by atoms with Crippen molar-refractivity contribution in [1.29, 1.82) is 0 Å². The number of aromatic amines is 1. The SMILES string of the molecule is C=CC(=O)N1CC[C@@H](Nc2n[nH]c3nccc(-c4ccc(CNC(=O)c5ccc(C6CC6)cc5)c(F)c4)c23)C1. The van der Waals surface area contributed by atoms with Crippen molar-refractivity contribution in [2.45, 2.75) is 37.8 Å². The molecule has 3 N–H and O–H groups in total. The number of benzene rings is 2. The molecule has 0 bridgehead atoms. The number of aromatic nitrogens is 3. The maximum absolute atomic E-state index is 15.2. The lowest BCUT2D eigenvalue weighted by atomic mass is 10.0. The van der Waals surface area contributed by atoms with Gasteiger partial charge >= 0.3 is 0 Å². The van der Waals surface area contributed by atoms with Crippen LogP contribution in [-0.4, -0.2) is 51.0 Å². The van der Waals surface area contributed by atoms with E-state index in [1.807, 2.05) is 36.4 Å². The lowest BCUT2D eigenvalue weighted by Crippen LogP contribution is -2.30. The van der Waals surface area contributed by atoms with E-state index < -0.39 is 5.82 Å². The Morgan fingerprint density at radius 1 is 1.13 bits per heavy atom. The van der Waals surface area contributed by atoms with E-state index in [-0.39, 0.29) is 24.4 Å². The Morgan fingerprint density at radius 2 is 1.95 bits per heavy atom. The third kappa shape index (κ3) is 5.12. The smallest absolute Gasteiger partial charge is 0.251 e. The molecule has 9 heteroatoms. The number of nitrogens with zero attached hydrogens (tertiary/aromatic N) is 3. The molecule has 1 atom stereocenters. The van der Waals surface area contributed by atoms with E-state index in [9.17, 15) is 9.59 Å². The maximum atomic E-state index is 15.2. The average molecular weight is 525 g/mol. The summed E-state index contributed by atoms with van der Waals surface area (Å²) in [7, 11) is 0. The molecule has 2 fully saturated rings. The highest BCUT2D eigenvalue weighted by atomic mass is 19.1. The summed E-state index contributed by atoms with van der Waals surface area (Å²) in [5, 5.41) is 14.3. The van der Waals surface area contributed by atoms with Crippen LogP contribution in [0.25, 0.3) is 22.2 Å². The number of halogens is 1. The molecule has 1 aliphatic heterocycles. The number of pyridine rings is 1. The molecule has 2 aliphatic rings. The van der Waals surface area contributed by atoms with Crippen LogP contribution in [0.2, 0.25) is 0 Å². The highest BCUT2D eigenvalue weighted by Crippen LogP contribution is 2.40. The lowest BCUT2D eigenvalue weighted by Gasteiger charge is -2.15. The number of H-pyrrole nitrogens is 1. The van der Waals surface area contributed by atoms with Gasteiger partial charge in [-0.15, -0.1) is 0 Å². The number of rotatable bonds is 8. The summed E-state index contributed by atoms with van der Waals surface area (Å²) in [6.45, 7) is 4.84. The molecule has 2 aromatic carbocycles. The van der Waals surface area contributed by atoms with Gasteiger partial charge in [0.1, 0.15) is 5.82 Å². The van der Waals surface area contributed by atoms with Crippen LogP contribution in [-0.2, 0) is 11.3 Å². The number of amides is 2. The molecule has 0 spiro atoms. The number of hydrogen-bond acceptors (Lipinski definition) is 5. The Hall–Kier alpha value is -4.53. The third-order valence-corrected chi connectivity index (χ3v) is 7.50. The summed E-state index contributed by atoms with van der Waals surface area (Å²) in [6, 6.07) is 14.5. The number of nitrogens with one attached hydrogen (secondary N) is 3. The molecule has 1 saturated heterocycles. The van der Waals surface area contributed by atoms with Gasteiger partial charge in [0.05, 0.1) is 5.39 Å². The van der Waals surface area contributed by atoms with E-state index in [1.54, 1.807) is 17.2 Å². The van der Waals surface area contributed by atoms with Gasteiger partial charge in [0, 0.05) is 43.0 Å². The third-order valence-electron chi connectivity index (χ3n) is 7.50. The summed E-state index contributed by atoms with van der Waals surface area (Å²) in [5.74, 6) is 0.508. The minimum atomic E-state index is -0.408. The van der Waals surface area contributed by atoms with Crippen LogP contribution in [0.15, 0.2) is 67.4 Å². The van der Waals surface area contributed by atoms with Crippen molar-refractivity contribution < 1.29 is 14.0 Å². The Bertz CT molecular complexity index is 1560. The topological polar surface area (TPSA) is 103 Å². The Labute approximate surface area is 225 Å². The van der Waals surface area contributed by atoms with Gasteiger partial charge in [-0.25, -0.2) is 9.37 Å². The summed E-state index contributed by atoms with van der Waals surface area (Å²) in [4.78, 5) is 30.7. The predicted molar refractivity (Wildman–Crippen MR) is 148 cm³/mol. The van der Waals surface area contributed by atoms with Gasteiger partial charge in [0.15, 0.2) is 11.5 Å². The highest BCUT2D eigenvalue weighted by molar-refractivity contribution is 6.00. The summed E-state index contributed by atoms with van der Waals surface area (Å²) in [5.41, 5.74) is 4.26. The van der Waals surface area contributed by atoms with Crippen LogP contribution < -0.4 is 10.6 Å². The molecular formula is C30H29FN6O2. The molecule has 1 aliphatic carbocycles. The molecule has 2 amide bonds. The molecule has 198 valence electrons. The fourth-order valence-electron chi connectivity index (χ4n) is 5.16. The van der Waals surface area contributed by atoms with Crippen molar-refractivity contribution in [3.63, 3.8) is 0 Å². The molecule has 8 nitrogen and oxygen atoms in total. The molecule has 0 unspecified atom stereocenters. The number of hydrogen-bond donors (Lipinski definition) is 3. The molecule has 3 heterocycles. The summed E-state index contributed by atoms with van der Waals surface area (Å²) < 4.78 is 15.2. The van der Waals surface area contributed by atoms with E-state index in [0.29, 0.717) is 47.2 Å². The second-order valence-electron chi connectivity index (χ2n) is 10.2. The van der Waals surface area contributed by atoms with Crippen LogP contribution in [0.1, 0.15) is 46.7 Å². The van der Waals surface area contributed by atoms with Gasteiger partial charge in [0.25, 0.3) is 5.91 Å². The largest absolute Gasteiger partial charge is 0.363 e. The lowest BCUT2D eigenvalue weighted by molar-refractivity contribution is -0.125. The number of anilines is 1. The van der Waals surface area contributed by atoms with E-state index in [4.69, 9.17) is 0 Å². The van der Waals surface area contributed by atoms with E-state index >= 15 is 4.39 Å². The van der Waals surface area contributed by atoms with E-state index in [2.05, 4.69) is 32.4 Å². The first kappa shape index (κ1) is 24.8. The molecule has 39 heavy (non-hydrogen) atoms. The number of likely N-dealkylation sites (tertiary alicyclic amines) is 1. The second kappa shape index (κ2) is 10.3. The van der Waals surface area contributed by atoms with Gasteiger partial charge in [-0.1, -0.05) is 30.8 Å². The predicted octanol–water partition coefficient (Wildman–Crippen LogP) is 4.77. The number of carbonyl (C=O) groups excluding carboxylic acids is 2. The van der Waals surface area contributed by atoms with Crippen molar-refractivity contribution in [3.05, 3.63) is 89.9 Å². The quantitative estimate of drug-likeness (QED) is 0.288. The standard InChI is InChI=1S/C30H29FN6O2/c1-2-26(38)37-14-12-23(17-37)34-29-27-24(11-13-32-28(27)35-36-29)21-9-10-22(25(31)15-21)16-33-30(39)20-7-5-19(6-8-20)18-3-4-18/h2,5-11,13,15,18,23H,1,3-4,12,14,16-17H2,(H,33,39)(H2,32,34,35,36)/t23-/m1/s1. The molecule has 1 saturated carbocycles. The number of fused-ring (bicyclic) bond motifs is 1. The van der Waals surface area contributed by atoms with E-state index in [0.717, 1.165) is 17.4 Å². The van der Waals surface area contributed by atoms with Gasteiger partial charge in [0.2, 0.25) is 5.91 Å². The molecular weight excluding hydrogens is 495 g/mol. The first-order valence-corrected chi connectivity index (χ1v) is 13.2. The Balaban J connectivity index is 1.17. The van der Waals surface area contributed by atoms with Gasteiger partial charge in [-0.05, 0) is 72.2 Å². The van der Waals surface area contributed by atoms with Crippen molar-refractivity contribution in [1.82, 2.24) is 25.4 Å². The molecule has 2 aromatic heterocycles. The van der Waals surface area contributed by atoms with E-state index in [1.165, 1.54) is 30.5 Å². The first-order chi connectivity index (χ1) is 19.0.